The Bertz CT molecular complexity index is 222. The number of hydrogen-bond donors (Lipinski definition) is 3. The number of hydrogen-bond acceptors (Lipinski definition) is 3. The monoisotopic (exact) mass is 182 g/mol. The topological polar surface area (TPSA) is 109 Å². The zero-order valence-corrected chi connectivity index (χ0v) is 6.60. The van der Waals surface area contributed by atoms with Gasteiger partial charge in [-0.3, -0.25) is 4.79 Å². The third kappa shape index (κ3) is 9.34. The number of nitrogens with one attached hydrogen (secondary N) is 1. The number of carboxylic acids is 1. The molecule has 0 aromatic rings. The molecule has 0 heterocycles. The number of nitrogens with two attached hydrogens (primary N) is 1. The number of carboxylic acid groups (broad SMARTS) is 1. The average molecular weight is 182 g/mol. The molecule has 0 radical (unpaired) electrons. The van der Waals surface area contributed by atoms with Gasteiger partial charge in [0.2, 0.25) is 0 Å². The van der Waals surface area contributed by atoms with Crippen molar-refractivity contribution in [2.75, 3.05) is 6.54 Å². The Balaban J connectivity index is 3.37. The molecule has 66 valence electrons. The van der Waals surface area contributed by atoms with Gasteiger partial charge in [0, 0.05) is 13.0 Å². The van der Waals surface area contributed by atoms with Crippen LogP contribution in [-0.4, -0.2) is 26.0 Å². The van der Waals surface area contributed by atoms with Crippen LogP contribution in [0, 0.1) is 0 Å². The molecule has 0 aliphatic heterocycles. The lowest BCUT2D eigenvalue weighted by molar-refractivity contribution is -0.137. The smallest absolute Gasteiger partial charge is 0.303 e. The quantitative estimate of drug-likeness (QED) is 0.456. The molecule has 6 nitrogen and oxygen atoms in total. The van der Waals surface area contributed by atoms with Crippen molar-refractivity contribution in [3.05, 3.63) is 0 Å². The lowest BCUT2D eigenvalue weighted by atomic mass is 10.3. The fourth-order valence-electron chi connectivity index (χ4n) is 0.454. The van der Waals surface area contributed by atoms with Gasteiger partial charge in [-0.25, -0.2) is 9.86 Å². The lowest BCUT2D eigenvalue weighted by Crippen LogP contribution is -2.31. The van der Waals surface area contributed by atoms with Crippen LogP contribution in [0.3, 0.4) is 0 Å². The van der Waals surface area contributed by atoms with E-state index in [2.05, 4.69) is 5.14 Å². The molecule has 0 rings (SSSR count). The van der Waals surface area contributed by atoms with Crippen molar-refractivity contribution in [1.29, 1.82) is 0 Å². The first-order valence-electron chi connectivity index (χ1n) is 2.91. The van der Waals surface area contributed by atoms with Gasteiger partial charge in [-0.2, -0.15) is 8.42 Å². The maximum absolute atomic E-state index is 10.2. The summed E-state index contributed by atoms with van der Waals surface area (Å²) in [6.45, 7) is 0.0606. The first kappa shape index (κ1) is 10.3. The van der Waals surface area contributed by atoms with E-state index in [1.165, 1.54) is 0 Å². The van der Waals surface area contributed by atoms with Gasteiger partial charge >= 0.3 is 5.97 Å². The van der Waals surface area contributed by atoms with Gasteiger partial charge in [-0.05, 0) is 6.42 Å². The zero-order chi connectivity index (χ0) is 8.91. The molecule has 0 saturated carbocycles. The van der Waals surface area contributed by atoms with Gasteiger partial charge in [0.05, 0.1) is 0 Å². The number of aliphatic carboxylic acids is 1. The molecule has 0 saturated heterocycles. The zero-order valence-electron chi connectivity index (χ0n) is 5.78. The Morgan fingerprint density at radius 2 is 2.09 bits per heavy atom. The van der Waals surface area contributed by atoms with E-state index in [1.54, 1.807) is 0 Å². The van der Waals surface area contributed by atoms with E-state index in [9.17, 15) is 13.2 Å². The Labute approximate surface area is 64.6 Å². The Kier molecular flexibility index (Phi) is 4.01. The molecule has 0 unspecified atom stereocenters. The van der Waals surface area contributed by atoms with Gasteiger partial charge in [-0.15, -0.1) is 0 Å². The largest absolute Gasteiger partial charge is 0.481 e. The second-order valence-corrected chi connectivity index (χ2v) is 3.32. The van der Waals surface area contributed by atoms with E-state index in [1.807, 2.05) is 4.72 Å². The molecule has 0 spiro atoms. The van der Waals surface area contributed by atoms with E-state index < -0.39 is 16.2 Å². The average Bonchev–Trinajstić information content (AvgIpc) is 1.78. The lowest BCUT2D eigenvalue weighted by Gasteiger charge is -1.98. The van der Waals surface area contributed by atoms with Gasteiger partial charge in [0.15, 0.2) is 0 Å². The Morgan fingerprint density at radius 3 is 2.45 bits per heavy atom. The maximum atomic E-state index is 10.2. The van der Waals surface area contributed by atoms with Crippen LogP contribution in [0.2, 0.25) is 0 Å². The van der Waals surface area contributed by atoms with Crippen LogP contribution in [0.4, 0.5) is 0 Å². The van der Waals surface area contributed by atoms with Crippen LogP contribution in [0.5, 0.6) is 0 Å². The van der Waals surface area contributed by atoms with E-state index in [0.717, 1.165) is 0 Å². The van der Waals surface area contributed by atoms with Gasteiger partial charge in [0.1, 0.15) is 0 Å². The summed E-state index contributed by atoms with van der Waals surface area (Å²) in [6.07, 6.45) is 0.175. The first-order chi connectivity index (χ1) is 4.92. The van der Waals surface area contributed by atoms with Gasteiger partial charge in [0.25, 0.3) is 10.2 Å². The van der Waals surface area contributed by atoms with Crippen LogP contribution >= 0.6 is 0 Å². The van der Waals surface area contributed by atoms with Crippen molar-refractivity contribution in [2.45, 2.75) is 12.8 Å². The summed E-state index contributed by atoms with van der Waals surface area (Å²) in [6, 6.07) is 0. The van der Waals surface area contributed by atoms with Crippen molar-refractivity contribution < 1.29 is 18.3 Å². The van der Waals surface area contributed by atoms with Crippen LogP contribution < -0.4 is 9.86 Å². The fraction of sp³-hybridized carbons (Fsp3) is 0.750. The molecule has 0 bridgehead atoms. The summed E-state index contributed by atoms with van der Waals surface area (Å²) in [7, 11) is -3.66. The standard InChI is InChI=1S/C4H10N2O4S/c5-11(9,10)6-3-1-2-4(7)8/h6H,1-3H2,(H,7,8)(H2,5,9,10). The molecule has 0 amide bonds. The predicted octanol–water partition coefficient (Wildman–Crippen LogP) is -1.36. The summed E-state index contributed by atoms with van der Waals surface area (Å²) < 4.78 is 22.4. The van der Waals surface area contributed by atoms with Crippen molar-refractivity contribution in [1.82, 2.24) is 4.72 Å². The van der Waals surface area contributed by atoms with E-state index in [0.29, 0.717) is 0 Å². The molecule has 0 aromatic carbocycles. The minimum absolute atomic E-state index is 0.0606. The van der Waals surface area contributed by atoms with E-state index in [-0.39, 0.29) is 19.4 Å². The second kappa shape index (κ2) is 4.27. The van der Waals surface area contributed by atoms with Crippen molar-refractivity contribution in [3.63, 3.8) is 0 Å². The van der Waals surface area contributed by atoms with Crippen molar-refractivity contribution in [2.24, 2.45) is 5.14 Å². The molecule has 0 atom stereocenters. The fourth-order valence-corrected chi connectivity index (χ4v) is 0.883. The predicted molar refractivity (Wildman–Crippen MR) is 38.0 cm³/mol. The van der Waals surface area contributed by atoms with Crippen LogP contribution in [0.25, 0.3) is 0 Å². The van der Waals surface area contributed by atoms with Crippen molar-refractivity contribution >= 4 is 16.2 Å². The summed E-state index contributed by atoms with van der Waals surface area (Å²) >= 11 is 0. The number of rotatable bonds is 5. The molecule has 0 aromatic heterocycles. The molecule has 4 N–H and O–H groups in total. The minimum atomic E-state index is -3.66. The highest BCUT2D eigenvalue weighted by molar-refractivity contribution is 7.87. The van der Waals surface area contributed by atoms with Crippen LogP contribution in [0.15, 0.2) is 0 Å². The summed E-state index contributed by atoms with van der Waals surface area (Å²) in [5.41, 5.74) is 0. The highest BCUT2D eigenvalue weighted by Crippen LogP contribution is 1.85. The molecule has 7 heteroatoms. The van der Waals surface area contributed by atoms with Crippen LogP contribution in [0.1, 0.15) is 12.8 Å². The molecule has 0 fully saturated rings. The summed E-state index contributed by atoms with van der Waals surface area (Å²) in [5.74, 6) is -0.957. The highest BCUT2D eigenvalue weighted by atomic mass is 32.2. The first-order valence-corrected chi connectivity index (χ1v) is 4.45. The van der Waals surface area contributed by atoms with Gasteiger partial charge in [-0.1, -0.05) is 0 Å². The highest BCUT2D eigenvalue weighted by Gasteiger charge is 2.00. The van der Waals surface area contributed by atoms with Crippen LogP contribution in [-0.2, 0) is 15.0 Å². The SMILES string of the molecule is NS(=O)(=O)NCCCC(=O)O. The Hall–Kier alpha value is -0.660. The van der Waals surface area contributed by atoms with Crippen molar-refractivity contribution in [3.8, 4) is 0 Å². The molecule has 0 aliphatic rings. The number of carbonyl (C=O) groups is 1. The molecular weight excluding hydrogens is 172 g/mol. The normalized spacial score (nSPS) is 11.4. The summed E-state index contributed by atoms with van der Waals surface area (Å²) in [5, 5.41) is 12.7. The molecule has 11 heavy (non-hydrogen) atoms. The summed E-state index contributed by atoms with van der Waals surface area (Å²) in [4.78, 5) is 9.92. The third-order valence-corrected chi connectivity index (χ3v) is 1.48. The molecular formula is C4H10N2O4S. The third-order valence-electron chi connectivity index (χ3n) is 0.871. The molecule has 0 aliphatic carbocycles. The second-order valence-electron chi connectivity index (χ2n) is 1.94. The van der Waals surface area contributed by atoms with Gasteiger partial charge < -0.3 is 5.11 Å². The Morgan fingerprint density at radius 1 is 1.55 bits per heavy atom. The maximum Gasteiger partial charge on any atom is 0.303 e. The van der Waals surface area contributed by atoms with E-state index in [4.69, 9.17) is 5.11 Å². The van der Waals surface area contributed by atoms with E-state index >= 15 is 0 Å². The minimum Gasteiger partial charge on any atom is -0.481 e.